The summed E-state index contributed by atoms with van der Waals surface area (Å²) in [5.41, 5.74) is 20.3. The number of amidine groups is 1. The van der Waals surface area contributed by atoms with Crippen LogP contribution in [0.3, 0.4) is 0 Å². The predicted octanol–water partition coefficient (Wildman–Crippen LogP) is 1.80. The van der Waals surface area contributed by atoms with Crippen LogP contribution in [0.25, 0.3) is 11.1 Å². The molecule has 0 aliphatic rings. The van der Waals surface area contributed by atoms with Gasteiger partial charge in [-0.1, -0.05) is 36.4 Å². The molecule has 0 amide bonds. The predicted molar refractivity (Wildman–Crippen MR) is 71.7 cm³/mol. The Morgan fingerprint density at radius 2 is 1.59 bits per heavy atom. The summed E-state index contributed by atoms with van der Waals surface area (Å²) in [6.07, 6.45) is 0. The second-order valence-electron chi connectivity index (χ2n) is 3.77. The second-order valence-corrected chi connectivity index (χ2v) is 3.77. The van der Waals surface area contributed by atoms with Crippen LogP contribution in [-0.2, 0) is 0 Å². The maximum absolute atomic E-state index is 7.61. The molecule has 0 radical (unpaired) electrons. The summed E-state index contributed by atoms with van der Waals surface area (Å²) >= 11 is 0. The molecule has 0 aliphatic carbocycles. The molecule has 0 atom stereocenters. The van der Waals surface area contributed by atoms with Gasteiger partial charge in [-0.3, -0.25) is 5.41 Å². The second kappa shape index (κ2) is 4.17. The molecule has 7 N–H and O–H groups in total. The van der Waals surface area contributed by atoms with Gasteiger partial charge in [0.2, 0.25) is 0 Å². The molecule has 0 aromatic heterocycles. The van der Waals surface area contributed by atoms with Gasteiger partial charge in [-0.25, -0.2) is 0 Å². The summed E-state index contributed by atoms with van der Waals surface area (Å²) in [6, 6.07) is 13.2. The van der Waals surface area contributed by atoms with Gasteiger partial charge in [-0.15, -0.1) is 0 Å². The maximum Gasteiger partial charge on any atom is 0.125 e. The highest BCUT2D eigenvalue weighted by Crippen LogP contribution is 2.30. The third-order valence-electron chi connectivity index (χ3n) is 2.63. The van der Waals surface area contributed by atoms with Crippen molar-refractivity contribution in [1.82, 2.24) is 0 Å². The van der Waals surface area contributed by atoms with Crippen LogP contribution in [0.2, 0.25) is 0 Å². The molecule has 0 saturated heterocycles. The summed E-state index contributed by atoms with van der Waals surface area (Å²) < 4.78 is 0. The Balaban J connectivity index is 2.71. The summed E-state index contributed by atoms with van der Waals surface area (Å²) in [6.45, 7) is 0. The van der Waals surface area contributed by atoms with Crippen LogP contribution in [0.4, 0.5) is 11.4 Å². The fraction of sp³-hybridized carbons (Fsp3) is 0. The minimum absolute atomic E-state index is 0.0753. The molecule has 4 heteroatoms. The first-order valence-corrected chi connectivity index (χ1v) is 5.19. The smallest absolute Gasteiger partial charge is 0.125 e. The van der Waals surface area contributed by atoms with Crippen molar-refractivity contribution < 1.29 is 0 Å². The van der Waals surface area contributed by atoms with E-state index in [1.54, 1.807) is 6.07 Å². The Bertz CT molecular complexity index is 561. The molecule has 0 saturated carbocycles. The van der Waals surface area contributed by atoms with Gasteiger partial charge < -0.3 is 17.2 Å². The van der Waals surface area contributed by atoms with Crippen LogP contribution in [0.5, 0.6) is 0 Å². The number of benzene rings is 2. The standard InChI is InChI=1S/C13H14N4/c14-10-7-6-9(8-4-2-1-3-5-8)11(12(10)15)13(16)17/h1-7H,14-15H2,(H3,16,17). The third-order valence-corrected chi connectivity index (χ3v) is 2.63. The number of hydrogen-bond acceptors (Lipinski definition) is 3. The summed E-state index contributed by atoms with van der Waals surface area (Å²) in [4.78, 5) is 0. The monoisotopic (exact) mass is 226 g/mol. The summed E-state index contributed by atoms with van der Waals surface area (Å²) in [5, 5.41) is 7.61. The number of rotatable bonds is 2. The molecule has 86 valence electrons. The van der Waals surface area contributed by atoms with E-state index >= 15 is 0 Å². The van der Waals surface area contributed by atoms with Gasteiger partial charge >= 0.3 is 0 Å². The first-order chi connectivity index (χ1) is 8.11. The Hall–Kier alpha value is -2.49. The van der Waals surface area contributed by atoms with Crippen LogP contribution < -0.4 is 17.2 Å². The number of nitrogens with two attached hydrogens (primary N) is 3. The zero-order valence-electron chi connectivity index (χ0n) is 9.27. The van der Waals surface area contributed by atoms with E-state index in [9.17, 15) is 0 Å². The highest BCUT2D eigenvalue weighted by Gasteiger charge is 2.13. The Labute approximate surface area is 99.6 Å². The zero-order chi connectivity index (χ0) is 12.4. The Morgan fingerprint density at radius 1 is 0.941 bits per heavy atom. The molecule has 2 aromatic rings. The van der Waals surface area contributed by atoms with E-state index in [0.717, 1.165) is 11.1 Å². The molecule has 0 bridgehead atoms. The first kappa shape index (κ1) is 11.0. The van der Waals surface area contributed by atoms with Crippen molar-refractivity contribution >= 4 is 17.2 Å². The van der Waals surface area contributed by atoms with Crippen LogP contribution >= 0.6 is 0 Å². The van der Waals surface area contributed by atoms with Crippen molar-refractivity contribution in [2.45, 2.75) is 0 Å². The Kier molecular flexibility index (Phi) is 2.70. The average Bonchev–Trinajstić information content (AvgIpc) is 2.33. The number of hydrogen-bond donors (Lipinski definition) is 4. The highest BCUT2D eigenvalue weighted by molar-refractivity contribution is 6.08. The van der Waals surface area contributed by atoms with Crippen LogP contribution in [0.1, 0.15) is 5.56 Å². The SMILES string of the molecule is N=C(N)c1c(-c2ccccc2)ccc(N)c1N. The first-order valence-electron chi connectivity index (χ1n) is 5.19. The average molecular weight is 226 g/mol. The minimum atomic E-state index is -0.0753. The van der Waals surface area contributed by atoms with Gasteiger partial charge in [0, 0.05) is 5.56 Å². The summed E-state index contributed by atoms with van der Waals surface area (Å²) in [7, 11) is 0. The topological polar surface area (TPSA) is 102 Å². The van der Waals surface area contributed by atoms with Crippen molar-refractivity contribution in [2.75, 3.05) is 11.5 Å². The van der Waals surface area contributed by atoms with E-state index in [2.05, 4.69) is 0 Å². The quantitative estimate of drug-likeness (QED) is 0.356. The lowest BCUT2D eigenvalue weighted by atomic mass is 9.97. The lowest BCUT2D eigenvalue weighted by Crippen LogP contribution is -2.16. The van der Waals surface area contributed by atoms with Gasteiger partial charge in [-0.2, -0.15) is 0 Å². The van der Waals surface area contributed by atoms with Crippen molar-refractivity contribution in [3.63, 3.8) is 0 Å². The van der Waals surface area contributed by atoms with Crippen molar-refractivity contribution in [1.29, 1.82) is 5.41 Å². The molecule has 17 heavy (non-hydrogen) atoms. The van der Waals surface area contributed by atoms with Crippen LogP contribution in [-0.4, -0.2) is 5.84 Å². The molecule has 0 aliphatic heterocycles. The van der Waals surface area contributed by atoms with Crippen molar-refractivity contribution in [3.05, 3.63) is 48.0 Å². The lowest BCUT2D eigenvalue weighted by Gasteiger charge is -2.13. The van der Waals surface area contributed by atoms with Crippen LogP contribution in [0, 0.1) is 5.41 Å². The normalized spacial score (nSPS) is 10.1. The highest BCUT2D eigenvalue weighted by atomic mass is 14.7. The van der Waals surface area contributed by atoms with E-state index in [-0.39, 0.29) is 5.84 Å². The molecule has 2 rings (SSSR count). The van der Waals surface area contributed by atoms with Gasteiger partial charge in [0.05, 0.1) is 11.4 Å². The molecule has 2 aromatic carbocycles. The van der Waals surface area contributed by atoms with Crippen molar-refractivity contribution in [3.8, 4) is 11.1 Å². The van der Waals surface area contributed by atoms with Gasteiger partial charge in [0.15, 0.2) is 0 Å². The number of nitrogen functional groups attached to an aromatic ring is 3. The fourth-order valence-electron chi connectivity index (χ4n) is 1.78. The van der Waals surface area contributed by atoms with E-state index in [1.165, 1.54) is 0 Å². The molecule has 0 heterocycles. The third kappa shape index (κ3) is 1.92. The van der Waals surface area contributed by atoms with Crippen molar-refractivity contribution in [2.24, 2.45) is 5.73 Å². The molecular weight excluding hydrogens is 212 g/mol. The van der Waals surface area contributed by atoms with E-state index < -0.39 is 0 Å². The van der Waals surface area contributed by atoms with E-state index in [0.29, 0.717) is 16.9 Å². The number of nitrogens with one attached hydrogen (secondary N) is 1. The molecule has 0 unspecified atom stereocenters. The summed E-state index contributed by atoms with van der Waals surface area (Å²) in [5.74, 6) is -0.0753. The Morgan fingerprint density at radius 3 is 2.18 bits per heavy atom. The van der Waals surface area contributed by atoms with E-state index in [1.807, 2.05) is 36.4 Å². The maximum atomic E-state index is 7.61. The van der Waals surface area contributed by atoms with Crippen LogP contribution in [0.15, 0.2) is 42.5 Å². The van der Waals surface area contributed by atoms with Gasteiger partial charge in [0.25, 0.3) is 0 Å². The van der Waals surface area contributed by atoms with Gasteiger partial charge in [-0.05, 0) is 17.2 Å². The fourth-order valence-corrected chi connectivity index (χ4v) is 1.78. The van der Waals surface area contributed by atoms with E-state index in [4.69, 9.17) is 22.6 Å². The minimum Gasteiger partial charge on any atom is -0.397 e. The van der Waals surface area contributed by atoms with Gasteiger partial charge in [0.1, 0.15) is 5.84 Å². The molecule has 0 fully saturated rings. The molecular formula is C13H14N4. The number of anilines is 2. The largest absolute Gasteiger partial charge is 0.397 e. The molecule has 4 nitrogen and oxygen atoms in total. The molecule has 0 spiro atoms. The zero-order valence-corrected chi connectivity index (χ0v) is 9.27. The lowest BCUT2D eigenvalue weighted by molar-refractivity contribution is 1.42.